The zero-order valence-corrected chi connectivity index (χ0v) is 12.9. The molecule has 0 aliphatic carbocycles. The summed E-state index contributed by atoms with van der Waals surface area (Å²) in [6.45, 7) is 11.1. The van der Waals surface area contributed by atoms with Gasteiger partial charge < -0.3 is 10.6 Å². The fourth-order valence-corrected chi connectivity index (χ4v) is 2.06. The van der Waals surface area contributed by atoms with E-state index in [1.54, 1.807) is 0 Å². The molecule has 0 spiro atoms. The summed E-state index contributed by atoms with van der Waals surface area (Å²) in [4.78, 5) is 11.9. The molecule has 0 aliphatic rings. The molecule has 0 aliphatic heterocycles. The molecule has 108 valence electrons. The van der Waals surface area contributed by atoms with Gasteiger partial charge in [-0.15, -0.1) is 0 Å². The molecule has 0 fully saturated rings. The molecule has 0 bridgehead atoms. The Morgan fingerprint density at radius 1 is 1.11 bits per heavy atom. The van der Waals surface area contributed by atoms with Gasteiger partial charge in [-0.2, -0.15) is 0 Å². The second-order valence-electron chi connectivity index (χ2n) is 5.85. The van der Waals surface area contributed by atoms with Gasteiger partial charge in [0, 0.05) is 11.6 Å². The molecule has 0 heterocycles. The summed E-state index contributed by atoms with van der Waals surface area (Å²) in [7, 11) is 0. The van der Waals surface area contributed by atoms with Crippen molar-refractivity contribution in [2.24, 2.45) is 0 Å². The van der Waals surface area contributed by atoms with E-state index in [-0.39, 0.29) is 11.4 Å². The van der Waals surface area contributed by atoms with E-state index in [9.17, 15) is 4.79 Å². The van der Waals surface area contributed by atoms with Crippen molar-refractivity contribution in [3.05, 3.63) is 0 Å². The summed E-state index contributed by atoms with van der Waals surface area (Å²) in [5, 5.41) is 6.38. The molecule has 1 amide bonds. The molecular weight excluding hydrogens is 224 g/mol. The van der Waals surface area contributed by atoms with Crippen LogP contribution in [-0.4, -0.2) is 24.0 Å². The van der Waals surface area contributed by atoms with E-state index in [0.29, 0.717) is 12.6 Å². The summed E-state index contributed by atoms with van der Waals surface area (Å²) in [5.41, 5.74) is -0.0260. The molecule has 0 radical (unpaired) electrons. The fraction of sp³-hybridized carbons (Fsp3) is 0.933. The molecule has 0 aromatic carbocycles. The van der Waals surface area contributed by atoms with Crippen molar-refractivity contribution in [3.8, 4) is 0 Å². The molecule has 0 unspecified atom stereocenters. The number of hydrogen-bond donors (Lipinski definition) is 2. The van der Waals surface area contributed by atoms with Crippen LogP contribution in [0.15, 0.2) is 0 Å². The molecule has 0 aromatic rings. The van der Waals surface area contributed by atoms with Gasteiger partial charge in [0.1, 0.15) is 0 Å². The zero-order valence-electron chi connectivity index (χ0n) is 12.9. The van der Waals surface area contributed by atoms with Crippen LogP contribution in [0.1, 0.15) is 73.1 Å². The summed E-state index contributed by atoms with van der Waals surface area (Å²) in [6.07, 6.45) is 6.88. The van der Waals surface area contributed by atoms with Gasteiger partial charge in [-0.3, -0.25) is 4.79 Å². The summed E-state index contributed by atoms with van der Waals surface area (Å²) >= 11 is 0. The third kappa shape index (κ3) is 8.51. The van der Waals surface area contributed by atoms with Crippen LogP contribution in [-0.2, 0) is 4.79 Å². The van der Waals surface area contributed by atoms with Crippen LogP contribution in [0.25, 0.3) is 0 Å². The number of unbranched alkanes of at least 4 members (excludes halogenated alkanes) is 2. The lowest BCUT2D eigenvalue weighted by molar-refractivity contribution is -0.122. The Kier molecular flexibility index (Phi) is 9.08. The van der Waals surface area contributed by atoms with Crippen molar-refractivity contribution in [2.75, 3.05) is 6.54 Å². The van der Waals surface area contributed by atoms with Crippen LogP contribution in [0.5, 0.6) is 0 Å². The van der Waals surface area contributed by atoms with E-state index < -0.39 is 0 Å². The lowest BCUT2D eigenvalue weighted by atomic mass is 9.89. The Balaban J connectivity index is 4.24. The van der Waals surface area contributed by atoms with Gasteiger partial charge in [-0.25, -0.2) is 0 Å². The molecule has 18 heavy (non-hydrogen) atoms. The van der Waals surface area contributed by atoms with Crippen molar-refractivity contribution in [3.63, 3.8) is 0 Å². The van der Waals surface area contributed by atoms with Gasteiger partial charge >= 0.3 is 0 Å². The Labute approximate surface area is 113 Å². The van der Waals surface area contributed by atoms with Crippen LogP contribution in [0, 0.1) is 0 Å². The molecular formula is C15H32N2O. The molecule has 0 saturated heterocycles. The summed E-state index contributed by atoms with van der Waals surface area (Å²) < 4.78 is 0. The van der Waals surface area contributed by atoms with Crippen LogP contribution in [0.2, 0.25) is 0 Å². The van der Waals surface area contributed by atoms with Gasteiger partial charge in [0.05, 0.1) is 6.54 Å². The van der Waals surface area contributed by atoms with Gasteiger partial charge in [0.25, 0.3) is 0 Å². The normalized spacial score (nSPS) is 11.9. The van der Waals surface area contributed by atoms with Crippen molar-refractivity contribution in [1.29, 1.82) is 0 Å². The van der Waals surface area contributed by atoms with Crippen LogP contribution < -0.4 is 10.6 Å². The Bertz CT molecular complexity index is 219. The van der Waals surface area contributed by atoms with Crippen LogP contribution in [0.3, 0.4) is 0 Å². The first-order chi connectivity index (χ1) is 8.43. The maximum Gasteiger partial charge on any atom is 0.234 e. The number of carbonyl (C=O) groups is 1. The third-order valence-corrected chi connectivity index (χ3v) is 3.28. The zero-order chi connectivity index (χ0) is 14.0. The number of amides is 1. The van der Waals surface area contributed by atoms with Crippen molar-refractivity contribution < 1.29 is 4.79 Å². The van der Waals surface area contributed by atoms with E-state index >= 15 is 0 Å². The third-order valence-electron chi connectivity index (χ3n) is 3.28. The number of carbonyl (C=O) groups excluding carboxylic acids is 1. The van der Waals surface area contributed by atoms with Gasteiger partial charge in [0.2, 0.25) is 5.91 Å². The van der Waals surface area contributed by atoms with E-state index in [1.165, 1.54) is 25.7 Å². The van der Waals surface area contributed by atoms with Crippen LogP contribution >= 0.6 is 0 Å². The smallest absolute Gasteiger partial charge is 0.234 e. The monoisotopic (exact) mass is 256 g/mol. The standard InChI is InChI=1S/C15H32N2O/c1-6-8-10-15(5,11-9-7-2)17-14(18)12-16-13(3)4/h13,16H,6-12H2,1-5H3,(H,17,18). The van der Waals surface area contributed by atoms with Gasteiger partial charge in [-0.1, -0.05) is 53.4 Å². The molecule has 2 N–H and O–H groups in total. The Morgan fingerprint density at radius 3 is 2.00 bits per heavy atom. The summed E-state index contributed by atoms with van der Waals surface area (Å²) in [6, 6.07) is 0.355. The summed E-state index contributed by atoms with van der Waals surface area (Å²) in [5.74, 6) is 0.124. The maximum atomic E-state index is 11.9. The highest BCUT2D eigenvalue weighted by Crippen LogP contribution is 2.20. The number of nitrogens with one attached hydrogen (secondary N) is 2. The van der Waals surface area contributed by atoms with Crippen molar-refractivity contribution >= 4 is 5.91 Å². The van der Waals surface area contributed by atoms with Crippen molar-refractivity contribution in [2.45, 2.75) is 84.7 Å². The van der Waals surface area contributed by atoms with E-state index in [0.717, 1.165) is 12.8 Å². The highest BCUT2D eigenvalue weighted by molar-refractivity contribution is 5.78. The minimum absolute atomic E-state index is 0.0260. The Morgan fingerprint density at radius 2 is 1.61 bits per heavy atom. The van der Waals surface area contributed by atoms with Crippen LogP contribution in [0.4, 0.5) is 0 Å². The first-order valence-electron chi connectivity index (χ1n) is 7.48. The SMILES string of the molecule is CCCCC(C)(CCCC)NC(=O)CNC(C)C. The highest BCUT2D eigenvalue weighted by atomic mass is 16.2. The number of hydrogen-bond acceptors (Lipinski definition) is 2. The van der Waals surface area contributed by atoms with Gasteiger partial charge in [0.15, 0.2) is 0 Å². The lowest BCUT2D eigenvalue weighted by Gasteiger charge is -2.31. The average Bonchev–Trinajstić information content (AvgIpc) is 2.31. The largest absolute Gasteiger partial charge is 0.350 e. The molecule has 0 rings (SSSR count). The second kappa shape index (κ2) is 9.37. The first-order valence-corrected chi connectivity index (χ1v) is 7.48. The quantitative estimate of drug-likeness (QED) is 0.630. The minimum atomic E-state index is -0.0260. The predicted octanol–water partition coefficient (Wildman–Crippen LogP) is 3.24. The fourth-order valence-electron chi connectivity index (χ4n) is 2.06. The molecule has 3 heteroatoms. The maximum absolute atomic E-state index is 11.9. The predicted molar refractivity (Wildman–Crippen MR) is 78.7 cm³/mol. The topological polar surface area (TPSA) is 41.1 Å². The average molecular weight is 256 g/mol. The highest BCUT2D eigenvalue weighted by Gasteiger charge is 2.24. The minimum Gasteiger partial charge on any atom is -0.350 e. The van der Waals surface area contributed by atoms with E-state index in [4.69, 9.17) is 0 Å². The second-order valence-corrected chi connectivity index (χ2v) is 5.85. The van der Waals surface area contributed by atoms with E-state index in [2.05, 4.69) is 45.3 Å². The molecule has 0 saturated carbocycles. The van der Waals surface area contributed by atoms with Gasteiger partial charge in [-0.05, 0) is 19.8 Å². The Hall–Kier alpha value is -0.570. The number of rotatable bonds is 10. The lowest BCUT2D eigenvalue weighted by Crippen LogP contribution is -2.49. The molecule has 0 aromatic heterocycles. The van der Waals surface area contributed by atoms with Crippen molar-refractivity contribution in [1.82, 2.24) is 10.6 Å². The molecule has 0 atom stereocenters. The molecule has 3 nitrogen and oxygen atoms in total. The first kappa shape index (κ1) is 17.4. The van der Waals surface area contributed by atoms with E-state index in [1.807, 2.05) is 0 Å².